The van der Waals surface area contributed by atoms with Crippen molar-refractivity contribution in [1.82, 2.24) is 5.32 Å². The summed E-state index contributed by atoms with van der Waals surface area (Å²) in [5, 5.41) is 3.11. The van der Waals surface area contributed by atoms with Crippen LogP contribution in [-0.4, -0.2) is 31.2 Å². The highest BCUT2D eigenvalue weighted by Crippen LogP contribution is 2.26. The molecule has 18 heavy (non-hydrogen) atoms. The van der Waals surface area contributed by atoms with Crippen LogP contribution in [0.2, 0.25) is 0 Å². The number of hydrogen-bond acceptors (Lipinski definition) is 3. The van der Waals surface area contributed by atoms with Crippen molar-refractivity contribution in [2.45, 2.75) is 64.5 Å². The van der Waals surface area contributed by atoms with Gasteiger partial charge in [0, 0.05) is 19.2 Å². The maximum Gasteiger partial charge on any atom is 0.222 e. The number of carbonyl (C=O) groups is 1. The number of nitrogens with one attached hydrogen (secondary N) is 1. The monoisotopic (exact) mass is 256 g/mol. The Labute approximate surface area is 111 Å². The van der Waals surface area contributed by atoms with E-state index in [9.17, 15) is 4.79 Å². The summed E-state index contributed by atoms with van der Waals surface area (Å²) in [4.78, 5) is 11.9. The topological polar surface area (TPSA) is 64.3 Å². The Morgan fingerprint density at radius 2 is 2.00 bits per heavy atom. The lowest BCUT2D eigenvalue weighted by Gasteiger charge is -2.28. The van der Waals surface area contributed by atoms with Crippen LogP contribution in [0.25, 0.3) is 0 Å². The highest BCUT2D eigenvalue weighted by molar-refractivity contribution is 5.76. The number of ether oxygens (including phenoxy) is 1. The summed E-state index contributed by atoms with van der Waals surface area (Å²) in [6.07, 6.45) is 6.24. The Kier molecular flexibility index (Phi) is 7.28. The molecule has 1 amide bonds. The highest BCUT2D eigenvalue weighted by atomic mass is 16.5. The summed E-state index contributed by atoms with van der Waals surface area (Å²) in [5.74, 6) is 0.942. The van der Waals surface area contributed by atoms with E-state index in [-0.39, 0.29) is 12.0 Å². The van der Waals surface area contributed by atoms with Crippen LogP contribution in [0.15, 0.2) is 0 Å². The molecule has 1 fully saturated rings. The summed E-state index contributed by atoms with van der Waals surface area (Å²) in [6, 6.07) is 0.361. The predicted molar refractivity (Wildman–Crippen MR) is 73.3 cm³/mol. The maximum absolute atomic E-state index is 11.9. The van der Waals surface area contributed by atoms with Gasteiger partial charge < -0.3 is 15.8 Å². The van der Waals surface area contributed by atoms with E-state index in [0.717, 1.165) is 18.8 Å². The van der Waals surface area contributed by atoms with E-state index in [4.69, 9.17) is 10.5 Å². The molecule has 0 radical (unpaired) electrons. The van der Waals surface area contributed by atoms with Gasteiger partial charge in [0.15, 0.2) is 0 Å². The third kappa shape index (κ3) is 5.36. The standard InChI is InChI=1S/C14H28N2O2/c1-3-11-5-7-12(8-6-11)16-14(17)9-13(10-15)18-4-2/h11-13H,3-10,15H2,1-2H3,(H,16,17). The third-order valence-electron chi connectivity index (χ3n) is 3.87. The van der Waals surface area contributed by atoms with Crippen molar-refractivity contribution in [3.05, 3.63) is 0 Å². The molecule has 0 aromatic heterocycles. The molecule has 106 valence electrons. The van der Waals surface area contributed by atoms with Gasteiger partial charge >= 0.3 is 0 Å². The Bertz CT molecular complexity index is 238. The number of carbonyl (C=O) groups excluding carboxylic acids is 1. The fourth-order valence-corrected chi connectivity index (χ4v) is 2.65. The minimum Gasteiger partial charge on any atom is -0.377 e. The highest BCUT2D eigenvalue weighted by Gasteiger charge is 2.22. The second kappa shape index (κ2) is 8.48. The van der Waals surface area contributed by atoms with Crippen LogP contribution in [-0.2, 0) is 9.53 Å². The van der Waals surface area contributed by atoms with E-state index in [1.165, 1.54) is 19.3 Å². The molecule has 1 unspecified atom stereocenters. The Balaban J connectivity index is 2.23. The van der Waals surface area contributed by atoms with Crippen LogP contribution in [0.1, 0.15) is 52.4 Å². The van der Waals surface area contributed by atoms with Gasteiger partial charge in [-0.1, -0.05) is 13.3 Å². The molecule has 1 saturated carbocycles. The van der Waals surface area contributed by atoms with Gasteiger partial charge in [-0.25, -0.2) is 0 Å². The summed E-state index contributed by atoms with van der Waals surface area (Å²) in [6.45, 7) is 5.19. The van der Waals surface area contributed by atoms with Crippen molar-refractivity contribution >= 4 is 5.91 Å². The zero-order valence-corrected chi connectivity index (χ0v) is 11.8. The summed E-state index contributed by atoms with van der Waals surface area (Å²) in [7, 11) is 0. The zero-order chi connectivity index (χ0) is 13.4. The van der Waals surface area contributed by atoms with Gasteiger partial charge in [0.05, 0.1) is 12.5 Å². The van der Waals surface area contributed by atoms with Crippen LogP contribution in [0, 0.1) is 5.92 Å². The van der Waals surface area contributed by atoms with E-state index in [1.807, 2.05) is 6.92 Å². The molecular weight excluding hydrogens is 228 g/mol. The fraction of sp³-hybridized carbons (Fsp3) is 0.929. The lowest BCUT2D eigenvalue weighted by Crippen LogP contribution is -2.40. The van der Waals surface area contributed by atoms with Gasteiger partial charge in [-0.2, -0.15) is 0 Å². The lowest BCUT2D eigenvalue weighted by atomic mass is 9.84. The zero-order valence-electron chi connectivity index (χ0n) is 11.8. The van der Waals surface area contributed by atoms with Gasteiger partial charge in [0.1, 0.15) is 0 Å². The minimum absolute atomic E-state index is 0.0823. The second-order valence-corrected chi connectivity index (χ2v) is 5.21. The summed E-state index contributed by atoms with van der Waals surface area (Å²) in [5.41, 5.74) is 5.57. The smallest absolute Gasteiger partial charge is 0.222 e. The molecule has 0 bridgehead atoms. The van der Waals surface area contributed by atoms with Crippen LogP contribution < -0.4 is 11.1 Å². The van der Waals surface area contributed by atoms with Gasteiger partial charge in [0.25, 0.3) is 0 Å². The molecule has 0 aromatic rings. The van der Waals surface area contributed by atoms with E-state index < -0.39 is 0 Å². The van der Waals surface area contributed by atoms with E-state index >= 15 is 0 Å². The lowest BCUT2D eigenvalue weighted by molar-refractivity contribution is -0.124. The molecular formula is C14H28N2O2. The third-order valence-corrected chi connectivity index (χ3v) is 3.87. The average molecular weight is 256 g/mol. The first kappa shape index (κ1) is 15.4. The van der Waals surface area contributed by atoms with Crippen molar-refractivity contribution in [3.63, 3.8) is 0 Å². The minimum atomic E-state index is -0.137. The largest absolute Gasteiger partial charge is 0.377 e. The number of hydrogen-bond donors (Lipinski definition) is 2. The first-order valence-electron chi connectivity index (χ1n) is 7.30. The molecule has 0 aromatic carbocycles. The van der Waals surface area contributed by atoms with E-state index in [2.05, 4.69) is 12.2 Å². The van der Waals surface area contributed by atoms with Gasteiger partial charge in [-0.15, -0.1) is 0 Å². The predicted octanol–water partition coefficient (Wildman–Crippen LogP) is 1.83. The molecule has 0 saturated heterocycles. The van der Waals surface area contributed by atoms with Gasteiger partial charge in [-0.3, -0.25) is 4.79 Å². The van der Waals surface area contributed by atoms with Crippen LogP contribution >= 0.6 is 0 Å². The summed E-state index contributed by atoms with van der Waals surface area (Å²) < 4.78 is 5.40. The van der Waals surface area contributed by atoms with Crippen LogP contribution in [0.3, 0.4) is 0 Å². The van der Waals surface area contributed by atoms with Gasteiger partial charge in [0.2, 0.25) is 5.91 Å². The maximum atomic E-state index is 11.9. The van der Waals surface area contributed by atoms with E-state index in [1.54, 1.807) is 0 Å². The van der Waals surface area contributed by atoms with E-state index in [0.29, 0.717) is 25.6 Å². The number of rotatable bonds is 7. The number of amides is 1. The fourth-order valence-electron chi connectivity index (χ4n) is 2.65. The first-order valence-corrected chi connectivity index (χ1v) is 7.30. The molecule has 4 nitrogen and oxygen atoms in total. The molecule has 3 N–H and O–H groups in total. The summed E-state index contributed by atoms with van der Waals surface area (Å²) >= 11 is 0. The van der Waals surface area contributed by atoms with Crippen molar-refractivity contribution in [2.75, 3.05) is 13.2 Å². The number of nitrogens with two attached hydrogens (primary N) is 1. The van der Waals surface area contributed by atoms with Crippen molar-refractivity contribution in [1.29, 1.82) is 0 Å². The molecule has 1 atom stereocenters. The second-order valence-electron chi connectivity index (χ2n) is 5.21. The SMILES string of the molecule is CCOC(CN)CC(=O)NC1CCC(CC)CC1. The van der Waals surface area contributed by atoms with Gasteiger partial charge in [-0.05, 0) is 38.5 Å². The van der Waals surface area contributed by atoms with Crippen molar-refractivity contribution in [2.24, 2.45) is 11.7 Å². The molecule has 0 aliphatic heterocycles. The molecule has 0 heterocycles. The Morgan fingerprint density at radius 1 is 1.33 bits per heavy atom. The molecule has 1 aliphatic carbocycles. The van der Waals surface area contributed by atoms with Crippen molar-refractivity contribution in [3.8, 4) is 0 Å². The molecule has 4 heteroatoms. The normalized spacial score (nSPS) is 25.7. The molecule has 1 rings (SSSR count). The van der Waals surface area contributed by atoms with Crippen LogP contribution in [0.4, 0.5) is 0 Å². The average Bonchev–Trinajstić information content (AvgIpc) is 2.39. The quantitative estimate of drug-likeness (QED) is 0.730. The van der Waals surface area contributed by atoms with Crippen molar-refractivity contribution < 1.29 is 9.53 Å². The Morgan fingerprint density at radius 3 is 2.50 bits per heavy atom. The molecule has 0 spiro atoms. The Hall–Kier alpha value is -0.610. The molecule has 1 aliphatic rings. The van der Waals surface area contributed by atoms with Crippen LogP contribution in [0.5, 0.6) is 0 Å². The first-order chi connectivity index (χ1) is 8.69.